The molecular formula is C14H30. The number of unbranched alkanes of at least 4 members (excludes halogenated alkanes) is 1. The van der Waals surface area contributed by atoms with Crippen LogP contribution in [0.15, 0.2) is 0 Å². The van der Waals surface area contributed by atoms with Gasteiger partial charge in [0.05, 0.1) is 0 Å². The lowest BCUT2D eigenvalue weighted by Gasteiger charge is -2.28. The van der Waals surface area contributed by atoms with Crippen LogP contribution in [0.4, 0.5) is 0 Å². The lowest BCUT2D eigenvalue weighted by atomic mass is 9.78. The first-order chi connectivity index (χ1) is 6.61. The van der Waals surface area contributed by atoms with Crippen molar-refractivity contribution in [3.05, 3.63) is 0 Å². The van der Waals surface area contributed by atoms with Crippen molar-refractivity contribution in [1.82, 2.24) is 0 Å². The van der Waals surface area contributed by atoms with Gasteiger partial charge in [-0.15, -0.1) is 0 Å². The van der Waals surface area contributed by atoms with E-state index in [0.29, 0.717) is 0 Å². The van der Waals surface area contributed by atoms with Crippen LogP contribution in [0, 0.1) is 17.8 Å². The van der Waals surface area contributed by atoms with Crippen LogP contribution in [0.25, 0.3) is 0 Å². The van der Waals surface area contributed by atoms with E-state index in [9.17, 15) is 0 Å². The van der Waals surface area contributed by atoms with Crippen LogP contribution in [0.3, 0.4) is 0 Å². The highest BCUT2D eigenvalue weighted by atomic mass is 14.3. The molecule has 0 unspecified atom stereocenters. The number of hydrogen-bond acceptors (Lipinski definition) is 0. The van der Waals surface area contributed by atoms with Gasteiger partial charge in [-0.05, 0) is 30.6 Å². The first kappa shape index (κ1) is 14.0. The zero-order chi connectivity index (χ0) is 11.0. The fourth-order valence-corrected chi connectivity index (χ4v) is 1.95. The van der Waals surface area contributed by atoms with Gasteiger partial charge < -0.3 is 0 Å². The van der Waals surface area contributed by atoms with Gasteiger partial charge in [0, 0.05) is 0 Å². The number of rotatable bonds is 2. The standard InChI is InChI=1S/C10H20.C4H10/c1-8(2)10-6-4-9(3)5-7-10;1-3-4-2/h8-10H,4-7H2,1-3H3;3-4H2,1-2H3. The van der Waals surface area contributed by atoms with Crippen LogP contribution in [-0.2, 0) is 0 Å². The van der Waals surface area contributed by atoms with Gasteiger partial charge in [-0.25, -0.2) is 0 Å². The first-order valence-electron chi connectivity index (χ1n) is 6.61. The van der Waals surface area contributed by atoms with Gasteiger partial charge in [-0.3, -0.25) is 0 Å². The molecule has 0 heteroatoms. The molecule has 1 aliphatic carbocycles. The highest BCUT2D eigenvalue weighted by Crippen LogP contribution is 2.32. The van der Waals surface area contributed by atoms with E-state index in [-0.39, 0.29) is 0 Å². The highest BCUT2D eigenvalue weighted by Gasteiger charge is 2.19. The Hall–Kier alpha value is 0. The molecule has 0 amide bonds. The van der Waals surface area contributed by atoms with Crippen molar-refractivity contribution in [2.75, 3.05) is 0 Å². The van der Waals surface area contributed by atoms with Crippen molar-refractivity contribution >= 4 is 0 Å². The third-order valence-corrected chi connectivity index (χ3v) is 3.50. The van der Waals surface area contributed by atoms with E-state index in [1.54, 1.807) is 0 Å². The van der Waals surface area contributed by atoms with Crippen molar-refractivity contribution in [2.45, 2.75) is 73.1 Å². The summed E-state index contributed by atoms with van der Waals surface area (Å²) < 4.78 is 0. The van der Waals surface area contributed by atoms with Crippen molar-refractivity contribution < 1.29 is 0 Å². The van der Waals surface area contributed by atoms with Gasteiger partial charge in [0.25, 0.3) is 0 Å². The van der Waals surface area contributed by atoms with Crippen LogP contribution < -0.4 is 0 Å². The highest BCUT2D eigenvalue weighted by molar-refractivity contribution is 4.71. The van der Waals surface area contributed by atoms with Gasteiger partial charge >= 0.3 is 0 Å². The molecule has 0 saturated heterocycles. The Bertz CT molecular complexity index is 105. The topological polar surface area (TPSA) is 0 Å². The van der Waals surface area contributed by atoms with Gasteiger partial charge in [-0.2, -0.15) is 0 Å². The van der Waals surface area contributed by atoms with Crippen molar-refractivity contribution in [1.29, 1.82) is 0 Å². The van der Waals surface area contributed by atoms with Crippen LogP contribution in [0.2, 0.25) is 0 Å². The lowest BCUT2D eigenvalue weighted by Crippen LogP contribution is -2.16. The van der Waals surface area contributed by atoms with E-state index in [1.165, 1.54) is 38.5 Å². The smallest absolute Gasteiger partial charge is 0.0391 e. The van der Waals surface area contributed by atoms with E-state index in [2.05, 4.69) is 34.6 Å². The summed E-state index contributed by atoms with van der Waals surface area (Å²) in [5.41, 5.74) is 0. The molecule has 86 valence electrons. The lowest BCUT2D eigenvalue weighted by molar-refractivity contribution is 0.234. The second kappa shape index (κ2) is 8.32. The Balaban J connectivity index is 0.000000364. The van der Waals surface area contributed by atoms with Crippen molar-refractivity contribution in [3.63, 3.8) is 0 Å². The van der Waals surface area contributed by atoms with E-state index in [4.69, 9.17) is 0 Å². The van der Waals surface area contributed by atoms with Crippen LogP contribution >= 0.6 is 0 Å². The minimum atomic E-state index is 0.924. The fraction of sp³-hybridized carbons (Fsp3) is 1.00. The van der Waals surface area contributed by atoms with Crippen LogP contribution in [0.5, 0.6) is 0 Å². The largest absolute Gasteiger partial charge is 0.0654 e. The Morgan fingerprint density at radius 1 is 0.929 bits per heavy atom. The molecule has 0 nitrogen and oxygen atoms in total. The Labute approximate surface area is 91.5 Å². The molecule has 0 aromatic heterocycles. The summed E-state index contributed by atoms with van der Waals surface area (Å²) in [6.45, 7) is 11.5. The third-order valence-electron chi connectivity index (χ3n) is 3.50. The maximum absolute atomic E-state index is 2.39. The second-order valence-corrected chi connectivity index (χ2v) is 5.26. The maximum atomic E-state index is 2.39. The third kappa shape index (κ3) is 6.45. The quantitative estimate of drug-likeness (QED) is 0.566. The van der Waals surface area contributed by atoms with Crippen molar-refractivity contribution in [3.8, 4) is 0 Å². The molecule has 0 bridgehead atoms. The molecule has 0 aliphatic heterocycles. The zero-order valence-corrected chi connectivity index (χ0v) is 11.0. The first-order valence-corrected chi connectivity index (χ1v) is 6.61. The molecule has 0 heterocycles. The van der Waals surface area contributed by atoms with Gasteiger partial charge in [0.1, 0.15) is 0 Å². The molecule has 0 aromatic rings. The molecule has 0 N–H and O–H groups in total. The summed E-state index contributed by atoms with van der Waals surface area (Å²) in [7, 11) is 0. The average Bonchev–Trinajstić information content (AvgIpc) is 2.19. The molecule has 0 spiro atoms. The summed E-state index contributed by atoms with van der Waals surface area (Å²) in [5.74, 6) is 2.97. The summed E-state index contributed by atoms with van der Waals surface area (Å²) in [5, 5.41) is 0. The minimum absolute atomic E-state index is 0.924. The van der Waals surface area contributed by atoms with Crippen LogP contribution in [0.1, 0.15) is 73.1 Å². The molecule has 14 heavy (non-hydrogen) atoms. The fourth-order valence-electron chi connectivity index (χ4n) is 1.95. The Morgan fingerprint density at radius 2 is 1.36 bits per heavy atom. The summed E-state index contributed by atoms with van der Waals surface area (Å²) in [4.78, 5) is 0. The summed E-state index contributed by atoms with van der Waals surface area (Å²) in [6.07, 6.45) is 8.56. The maximum Gasteiger partial charge on any atom is -0.0391 e. The summed E-state index contributed by atoms with van der Waals surface area (Å²) >= 11 is 0. The van der Waals surface area contributed by atoms with Gasteiger partial charge in [0.15, 0.2) is 0 Å². The van der Waals surface area contributed by atoms with E-state index < -0.39 is 0 Å². The molecule has 0 atom stereocenters. The van der Waals surface area contributed by atoms with Crippen LogP contribution in [-0.4, -0.2) is 0 Å². The summed E-state index contributed by atoms with van der Waals surface area (Å²) in [6, 6.07) is 0. The minimum Gasteiger partial charge on any atom is -0.0654 e. The number of hydrogen-bond donors (Lipinski definition) is 0. The van der Waals surface area contributed by atoms with E-state index in [1.807, 2.05) is 0 Å². The molecule has 0 radical (unpaired) electrons. The monoisotopic (exact) mass is 198 g/mol. The van der Waals surface area contributed by atoms with E-state index >= 15 is 0 Å². The van der Waals surface area contributed by atoms with Gasteiger partial charge in [-0.1, -0.05) is 60.3 Å². The average molecular weight is 198 g/mol. The zero-order valence-electron chi connectivity index (χ0n) is 11.0. The predicted octanol–water partition coefficient (Wildman–Crippen LogP) is 5.28. The molecule has 1 rings (SSSR count). The Morgan fingerprint density at radius 3 is 1.64 bits per heavy atom. The second-order valence-electron chi connectivity index (χ2n) is 5.26. The predicted molar refractivity (Wildman–Crippen MR) is 66.5 cm³/mol. The molecule has 1 saturated carbocycles. The normalized spacial score (nSPS) is 27.0. The molecule has 1 aliphatic rings. The van der Waals surface area contributed by atoms with E-state index in [0.717, 1.165) is 17.8 Å². The van der Waals surface area contributed by atoms with Gasteiger partial charge in [0.2, 0.25) is 0 Å². The molecule has 1 fully saturated rings. The SMILES string of the molecule is CC1CCC(C(C)C)CC1.CCCC. The molecule has 0 aromatic carbocycles. The van der Waals surface area contributed by atoms with Crippen molar-refractivity contribution in [2.24, 2.45) is 17.8 Å². The molecular weight excluding hydrogens is 168 g/mol. The Kier molecular flexibility index (Phi) is 8.32.